The van der Waals surface area contributed by atoms with Crippen LogP contribution in [0.3, 0.4) is 0 Å². The predicted octanol–water partition coefficient (Wildman–Crippen LogP) is 3.94. The standard InChI is InChI=1S/C9H8BrCl2NO2/c10-1-2-15-9(14)13-8-4-6(11)3-7(12)5-8/h3-5H,1-2H2,(H,13,14). The van der Waals surface area contributed by atoms with Crippen molar-refractivity contribution in [3.05, 3.63) is 28.2 Å². The van der Waals surface area contributed by atoms with E-state index in [2.05, 4.69) is 21.2 Å². The van der Waals surface area contributed by atoms with E-state index in [1.165, 1.54) is 0 Å². The van der Waals surface area contributed by atoms with Crippen molar-refractivity contribution in [2.24, 2.45) is 0 Å². The molecule has 1 aromatic rings. The molecule has 0 aliphatic heterocycles. The molecule has 0 saturated carbocycles. The number of benzene rings is 1. The van der Waals surface area contributed by atoms with Crippen molar-refractivity contribution < 1.29 is 9.53 Å². The summed E-state index contributed by atoms with van der Waals surface area (Å²) in [7, 11) is 0. The van der Waals surface area contributed by atoms with Crippen LogP contribution in [0.25, 0.3) is 0 Å². The number of anilines is 1. The van der Waals surface area contributed by atoms with Gasteiger partial charge in [0.1, 0.15) is 6.61 Å². The molecular formula is C9H8BrCl2NO2. The van der Waals surface area contributed by atoms with Gasteiger partial charge < -0.3 is 4.74 Å². The van der Waals surface area contributed by atoms with Gasteiger partial charge in [-0.1, -0.05) is 39.1 Å². The highest BCUT2D eigenvalue weighted by Crippen LogP contribution is 2.22. The molecule has 0 aromatic heterocycles. The third-order valence-electron chi connectivity index (χ3n) is 1.42. The SMILES string of the molecule is O=C(Nc1cc(Cl)cc(Cl)c1)OCCBr. The van der Waals surface area contributed by atoms with E-state index in [0.717, 1.165) is 0 Å². The number of hydrogen-bond donors (Lipinski definition) is 1. The Hall–Kier alpha value is -0.450. The zero-order chi connectivity index (χ0) is 11.3. The summed E-state index contributed by atoms with van der Waals surface area (Å²) in [5, 5.41) is 4.01. The number of alkyl halides is 1. The van der Waals surface area contributed by atoms with Crippen molar-refractivity contribution in [1.29, 1.82) is 0 Å². The van der Waals surface area contributed by atoms with Crippen LogP contribution in [0.1, 0.15) is 0 Å². The van der Waals surface area contributed by atoms with Crippen molar-refractivity contribution in [1.82, 2.24) is 0 Å². The third-order valence-corrected chi connectivity index (χ3v) is 2.18. The summed E-state index contributed by atoms with van der Waals surface area (Å²) in [5.74, 6) is 0. The molecule has 0 bridgehead atoms. The summed E-state index contributed by atoms with van der Waals surface area (Å²) < 4.78 is 4.79. The van der Waals surface area contributed by atoms with E-state index in [1.54, 1.807) is 18.2 Å². The molecule has 6 heteroatoms. The van der Waals surface area contributed by atoms with Gasteiger partial charge >= 0.3 is 6.09 Å². The quantitative estimate of drug-likeness (QED) is 0.859. The van der Waals surface area contributed by atoms with E-state index in [0.29, 0.717) is 27.7 Å². The Morgan fingerprint density at radius 3 is 2.47 bits per heavy atom. The smallest absolute Gasteiger partial charge is 0.411 e. The van der Waals surface area contributed by atoms with Crippen LogP contribution in [0.2, 0.25) is 10.0 Å². The number of rotatable bonds is 3. The number of carbonyl (C=O) groups excluding carboxylic acids is 1. The van der Waals surface area contributed by atoms with Gasteiger partial charge in [-0.25, -0.2) is 4.79 Å². The molecule has 0 aliphatic carbocycles. The van der Waals surface area contributed by atoms with Crippen LogP contribution < -0.4 is 5.32 Å². The van der Waals surface area contributed by atoms with Gasteiger partial charge in [0.25, 0.3) is 0 Å². The van der Waals surface area contributed by atoms with Crippen molar-refractivity contribution >= 4 is 50.9 Å². The minimum absolute atomic E-state index is 0.306. The Morgan fingerprint density at radius 1 is 1.33 bits per heavy atom. The molecule has 0 heterocycles. The van der Waals surface area contributed by atoms with Crippen LogP contribution in [0.15, 0.2) is 18.2 Å². The Morgan fingerprint density at radius 2 is 1.93 bits per heavy atom. The Balaban J connectivity index is 2.60. The van der Waals surface area contributed by atoms with Crippen molar-refractivity contribution in [3.63, 3.8) is 0 Å². The molecule has 0 radical (unpaired) electrons. The lowest BCUT2D eigenvalue weighted by molar-refractivity contribution is 0.169. The Kier molecular flexibility index (Phi) is 5.22. The van der Waals surface area contributed by atoms with Gasteiger partial charge in [-0.15, -0.1) is 0 Å². The Bertz CT molecular complexity index is 340. The minimum Gasteiger partial charge on any atom is -0.448 e. The van der Waals surface area contributed by atoms with E-state index < -0.39 is 6.09 Å². The lowest BCUT2D eigenvalue weighted by Gasteiger charge is -2.06. The summed E-state index contributed by atoms with van der Waals surface area (Å²) in [5.41, 5.74) is 0.507. The average Bonchev–Trinajstić information content (AvgIpc) is 2.13. The van der Waals surface area contributed by atoms with Gasteiger partial charge in [0, 0.05) is 21.1 Å². The van der Waals surface area contributed by atoms with E-state index in [-0.39, 0.29) is 0 Å². The van der Waals surface area contributed by atoms with Crippen LogP contribution in [-0.4, -0.2) is 18.0 Å². The lowest BCUT2D eigenvalue weighted by Crippen LogP contribution is -2.14. The van der Waals surface area contributed by atoms with Crippen LogP contribution in [0.4, 0.5) is 10.5 Å². The van der Waals surface area contributed by atoms with Crippen LogP contribution in [0, 0.1) is 0 Å². The van der Waals surface area contributed by atoms with E-state index in [1.807, 2.05) is 0 Å². The molecule has 0 aliphatic rings. The summed E-state index contributed by atoms with van der Waals surface area (Å²) in [6, 6.07) is 4.75. The summed E-state index contributed by atoms with van der Waals surface area (Å²) in [4.78, 5) is 11.2. The first kappa shape index (κ1) is 12.6. The molecule has 0 atom stereocenters. The molecule has 15 heavy (non-hydrogen) atoms. The summed E-state index contributed by atoms with van der Waals surface area (Å²) in [6.45, 7) is 0.306. The van der Waals surface area contributed by atoms with Gasteiger partial charge in [0.15, 0.2) is 0 Å². The second kappa shape index (κ2) is 6.20. The van der Waals surface area contributed by atoms with Crippen molar-refractivity contribution in [2.45, 2.75) is 0 Å². The molecular weight excluding hydrogens is 305 g/mol. The largest absolute Gasteiger partial charge is 0.448 e. The van der Waals surface area contributed by atoms with E-state index in [4.69, 9.17) is 27.9 Å². The first-order valence-electron chi connectivity index (χ1n) is 4.07. The fourth-order valence-electron chi connectivity index (χ4n) is 0.911. The highest BCUT2D eigenvalue weighted by Gasteiger charge is 2.04. The number of halogens is 3. The number of hydrogen-bond acceptors (Lipinski definition) is 2. The average molecular weight is 313 g/mol. The lowest BCUT2D eigenvalue weighted by atomic mass is 10.3. The summed E-state index contributed by atoms with van der Waals surface area (Å²) in [6.07, 6.45) is -0.534. The second-order valence-electron chi connectivity index (χ2n) is 2.61. The molecule has 0 fully saturated rings. The Labute approximate surface area is 106 Å². The third kappa shape index (κ3) is 4.73. The van der Waals surface area contributed by atoms with Gasteiger partial charge in [-0.05, 0) is 18.2 Å². The van der Waals surface area contributed by atoms with E-state index in [9.17, 15) is 4.79 Å². The molecule has 1 N–H and O–H groups in total. The highest BCUT2D eigenvalue weighted by atomic mass is 79.9. The highest BCUT2D eigenvalue weighted by molar-refractivity contribution is 9.09. The number of ether oxygens (including phenoxy) is 1. The number of carbonyl (C=O) groups is 1. The fourth-order valence-corrected chi connectivity index (χ4v) is 1.60. The minimum atomic E-state index is -0.534. The maximum atomic E-state index is 11.2. The van der Waals surface area contributed by atoms with Crippen LogP contribution >= 0.6 is 39.1 Å². The molecule has 1 amide bonds. The topological polar surface area (TPSA) is 38.3 Å². The molecule has 3 nitrogen and oxygen atoms in total. The molecule has 1 aromatic carbocycles. The van der Waals surface area contributed by atoms with Crippen molar-refractivity contribution in [3.8, 4) is 0 Å². The van der Waals surface area contributed by atoms with Crippen LogP contribution in [0.5, 0.6) is 0 Å². The van der Waals surface area contributed by atoms with Gasteiger partial charge in [0.2, 0.25) is 0 Å². The molecule has 0 saturated heterocycles. The molecule has 0 unspecified atom stereocenters. The number of nitrogens with one attached hydrogen (secondary N) is 1. The van der Waals surface area contributed by atoms with Gasteiger partial charge in [-0.3, -0.25) is 5.32 Å². The molecule has 1 rings (SSSR count). The molecule has 82 valence electrons. The monoisotopic (exact) mass is 311 g/mol. The number of amides is 1. The summed E-state index contributed by atoms with van der Waals surface area (Å²) >= 11 is 14.6. The normalized spacial score (nSPS) is 9.80. The second-order valence-corrected chi connectivity index (χ2v) is 4.27. The maximum Gasteiger partial charge on any atom is 0.411 e. The van der Waals surface area contributed by atoms with Crippen molar-refractivity contribution in [2.75, 3.05) is 17.3 Å². The zero-order valence-corrected chi connectivity index (χ0v) is 10.7. The zero-order valence-electron chi connectivity index (χ0n) is 7.60. The first-order chi connectivity index (χ1) is 7.11. The fraction of sp³-hybridized carbons (Fsp3) is 0.222. The maximum absolute atomic E-state index is 11.2. The first-order valence-corrected chi connectivity index (χ1v) is 5.95. The van der Waals surface area contributed by atoms with Crippen LogP contribution in [-0.2, 0) is 4.74 Å². The van der Waals surface area contributed by atoms with E-state index >= 15 is 0 Å². The predicted molar refractivity (Wildman–Crippen MR) is 65.2 cm³/mol. The van der Waals surface area contributed by atoms with Gasteiger partial charge in [-0.2, -0.15) is 0 Å². The molecule has 0 spiro atoms. The van der Waals surface area contributed by atoms with Gasteiger partial charge in [0.05, 0.1) is 0 Å².